The Morgan fingerprint density at radius 2 is 1.84 bits per heavy atom. The van der Waals surface area contributed by atoms with Gasteiger partial charge in [-0.1, -0.05) is 31.5 Å². The van der Waals surface area contributed by atoms with Crippen LogP contribution in [0.4, 0.5) is 11.4 Å². The Morgan fingerprint density at radius 1 is 1.14 bits per heavy atom. The fourth-order valence-electron chi connectivity index (χ4n) is 4.23. The van der Waals surface area contributed by atoms with Gasteiger partial charge in [0.05, 0.1) is 22.7 Å². The van der Waals surface area contributed by atoms with E-state index in [-0.39, 0.29) is 11.2 Å². The van der Waals surface area contributed by atoms with Gasteiger partial charge in [-0.3, -0.25) is 29.9 Å². The Bertz CT molecular complexity index is 1290. The molecular weight excluding hydrogens is 490 g/mol. The molecule has 194 valence electrons. The normalized spacial score (nSPS) is 14.2. The largest absolute Gasteiger partial charge is 0.346 e. The summed E-state index contributed by atoms with van der Waals surface area (Å²) in [7, 11) is 0. The summed E-state index contributed by atoms with van der Waals surface area (Å²) in [4.78, 5) is 32.6. The molecule has 1 aliphatic rings. The number of thiocarbonyl (C=S) groups is 1. The molecule has 2 N–H and O–H groups in total. The fourth-order valence-corrected chi connectivity index (χ4v) is 4.53. The van der Waals surface area contributed by atoms with Crippen LogP contribution in [0.1, 0.15) is 24.6 Å². The van der Waals surface area contributed by atoms with Crippen molar-refractivity contribution in [3.05, 3.63) is 86.3 Å². The Balaban J connectivity index is 1.32. The fraction of sp³-hybridized carbons (Fsp3) is 0.346. The number of nitro benzene ring substituents is 1. The van der Waals surface area contributed by atoms with Gasteiger partial charge in [0.25, 0.3) is 11.2 Å². The maximum Gasteiger partial charge on any atom is 0.280 e. The number of nitro groups is 1. The number of nitrogens with one attached hydrogen (secondary N) is 2. The lowest BCUT2D eigenvalue weighted by atomic mass is 10.2. The predicted molar refractivity (Wildman–Crippen MR) is 150 cm³/mol. The quantitative estimate of drug-likeness (QED) is 0.192. The molecule has 2 heterocycles. The molecule has 0 spiro atoms. The van der Waals surface area contributed by atoms with Gasteiger partial charge in [0, 0.05) is 62.5 Å². The van der Waals surface area contributed by atoms with Crippen LogP contribution in [0.25, 0.3) is 5.69 Å². The molecule has 0 amide bonds. The summed E-state index contributed by atoms with van der Waals surface area (Å²) in [6.45, 7) is 6.91. The number of aliphatic imine (C=N–C) groups is 1. The molecule has 0 unspecified atom stereocenters. The van der Waals surface area contributed by atoms with Gasteiger partial charge in [0.15, 0.2) is 5.11 Å². The maximum absolute atomic E-state index is 13.1. The van der Waals surface area contributed by atoms with E-state index in [1.54, 1.807) is 18.3 Å². The standard InChI is InChI=1S/C26H31N7O3S/c1-2-6-24-23(25(34)32(29-24)21-9-11-22(12-10-21)33(35)36)19-27-13-14-30-15-17-31(18-16-30)26(37)28-20-7-4-3-5-8-20/h3-5,7-12,19,29H,2,6,13-18H2,1H3,(H,28,37). The third-order valence-electron chi connectivity index (χ3n) is 6.27. The van der Waals surface area contributed by atoms with Crippen molar-refractivity contribution in [1.82, 2.24) is 19.6 Å². The van der Waals surface area contributed by atoms with Crippen LogP contribution >= 0.6 is 12.2 Å². The lowest BCUT2D eigenvalue weighted by Gasteiger charge is -2.36. The number of benzene rings is 2. The van der Waals surface area contributed by atoms with E-state index in [1.807, 2.05) is 37.3 Å². The molecule has 37 heavy (non-hydrogen) atoms. The van der Waals surface area contributed by atoms with Crippen molar-refractivity contribution < 1.29 is 4.92 Å². The second-order valence-electron chi connectivity index (χ2n) is 8.83. The molecule has 0 saturated carbocycles. The number of piperazine rings is 1. The summed E-state index contributed by atoms with van der Waals surface area (Å²) >= 11 is 5.56. The van der Waals surface area contributed by atoms with Crippen LogP contribution < -0.4 is 10.9 Å². The number of H-pyrrole nitrogens is 1. The molecule has 1 saturated heterocycles. The van der Waals surface area contributed by atoms with Gasteiger partial charge in [-0.05, 0) is 42.9 Å². The number of aromatic nitrogens is 2. The lowest BCUT2D eigenvalue weighted by Crippen LogP contribution is -2.50. The minimum absolute atomic E-state index is 0.0194. The zero-order chi connectivity index (χ0) is 26.2. The number of anilines is 1. The van der Waals surface area contributed by atoms with E-state index >= 15 is 0 Å². The molecule has 1 aliphatic heterocycles. The first-order chi connectivity index (χ1) is 18.0. The van der Waals surface area contributed by atoms with E-state index in [1.165, 1.54) is 16.8 Å². The van der Waals surface area contributed by atoms with E-state index in [0.29, 0.717) is 24.2 Å². The molecule has 11 heteroatoms. The molecule has 1 aromatic heterocycles. The van der Waals surface area contributed by atoms with Crippen molar-refractivity contribution in [3.63, 3.8) is 0 Å². The molecule has 1 fully saturated rings. The number of aromatic amines is 1. The number of nitrogens with zero attached hydrogens (tertiary/aromatic N) is 5. The number of non-ortho nitro benzene ring substituents is 1. The van der Waals surface area contributed by atoms with E-state index in [4.69, 9.17) is 12.2 Å². The van der Waals surface area contributed by atoms with E-state index in [0.717, 1.165) is 55.6 Å². The van der Waals surface area contributed by atoms with Crippen LogP contribution in [0.3, 0.4) is 0 Å². The Hall–Kier alpha value is -3.83. The summed E-state index contributed by atoms with van der Waals surface area (Å²) in [6, 6.07) is 15.8. The number of hydrogen-bond donors (Lipinski definition) is 2. The molecule has 0 radical (unpaired) electrons. The third-order valence-corrected chi connectivity index (χ3v) is 6.63. The zero-order valence-corrected chi connectivity index (χ0v) is 21.6. The predicted octanol–water partition coefficient (Wildman–Crippen LogP) is 3.46. The summed E-state index contributed by atoms with van der Waals surface area (Å²) in [5.41, 5.74) is 2.64. The Kier molecular flexibility index (Phi) is 8.81. The monoisotopic (exact) mass is 521 g/mol. The van der Waals surface area contributed by atoms with Crippen LogP contribution in [0.15, 0.2) is 64.4 Å². The number of para-hydroxylation sites is 1. The highest BCUT2D eigenvalue weighted by Crippen LogP contribution is 2.15. The Morgan fingerprint density at radius 3 is 2.49 bits per heavy atom. The molecule has 3 aromatic rings. The van der Waals surface area contributed by atoms with Gasteiger partial charge >= 0.3 is 0 Å². The highest BCUT2D eigenvalue weighted by Gasteiger charge is 2.19. The third kappa shape index (κ3) is 6.69. The highest BCUT2D eigenvalue weighted by molar-refractivity contribution is 7.80. The van der Waals surface area contributed by atoms with Crippen molar-refractivity contribution in [3.8, 4) is 5.69 Å². The number of aryl methyl sites for hydroxylation is 1. The molecule has 0 bridgehead atoms. The minimum Gasteiger partial charge on any atom is -0.346 e. The molecule has 0 aliphatic carbocycles. The zero-order valence-electron chi connectivity index (χ0n) is 20.8. The smallest absolute Gasteiger partial charge is 0.280 e. The average Bonchev–Trinajstić information content (AvgIpc) is 3.22. The first-order valence-electron chi connectivity index (χ1n) is 12.4. The van der Waals surface area contributed by atoms with Gasteiger partial charge in [-0.2, -0.15) is 0 Å². The van der Waals surface area contributed by atoms with Crippen molar-refractivity contribution in [1.29, 1.82) is 0 Å². The summed E-state index contributed by atoms with van der Waals surface area (Å²) < 4.78 is 1.42. The van der Waals surface area contributed by atoms with E-state index in [9.17, 15) is 14.9 Å². The Labute approximate surface area is 220 Å². The van der Waals surface area contributed by atoms with Crippen molar-refractivity contribution in [2.45, 2.75) is 19.8 Å². The van der Waals surface area contributed by atoms with Gasteiger partial charge in [0.1, 0.15) is 0 Å². The first kappa shape index (κ1) is 26.2. The SMILES string of the molecule is CCCc1[nH]n(-c2ccc([N+](=O)[O-])cc2)c(=O)c1C=NCCN1CCN(C(=S)Nc2ccccc2)CC1. The van der Waals surface area contributed by atoms with Gasteiger partial charge < -0.3 is 10.2 Å². The first-order valence-corrected chi connectivity index (χ1v) is 12.8. The summed E-state index contributed by atoms with van der Waals surface area (Å²) in [5.74, 6) is 0. The van der Waals surface area contributed by atoms with Gasteiger partial charge in [-0.15, -0.1) is 0 Å². The van der Waals surface area contributed by atoms with Crippen LogP contribution in [0.2, 0.25) is 0 Å². The van der Waals surface area contributed by atoms with Crippen LogP contribution in [0, 0.1) is 10.1 Å². The van der Waals surface area contributed by atoms with Gasteiger partial charge in [-0.25, -0.2) is 4.68 Å². The van der Waals surface area contributed by atoms with Crippen LogP contribution in [0.5, 0.6) is 0 Å². The van der Waals surface area contributed by atoms with E-state index in [2.05, 4.69) is 25.2 Å². The summed E-state index contributed by atoms with van der Waals surface area (Å²) in [6.07, 6.45) is 3.22. The molecule has 0 atom stereocenters. The molecule has 4 rings (SSSR count). The molecular formula is C26H31N7O3S. The van der Waals surface area contributed by atoms with Crippen LogP contribution in [-0.2, 0) is 6.42 Å². The second-order valence-corrected chi connectivity index (χ2v) is 9.21. The number of rotatable bonds is 9. The molecule has 2 aromatic carbocycles. The summed E-state index contributed by atoms with van der Waals surface area (Å²) in [5, 5.41) is 18.1. The van der Waals surface area contributed by atoms with Crippen molar-refractivity contribution in [2.24, 2.45) is 4.99 Å². The highest BCUT2D eigenvalue weighted by atomic mass is 32.1. The average molecular weight is 522 g/mol. The van der Waals surface area contributed by atoms with Gasteiger partial charge in [0.2, 0.25) is 0 Å². The van der Waals surface area contributed by atoms with E-state index < -0.39 is 4.92 Å². The van der Waals surface area contributed by atoms with Crippen molar-refractivity contribution in [2.75, 3.05) is 44.6 Å². The second kappa shape index (κ2) is 12.4. The molecule has 10 nitrogen and oxygen atoms in total. The maximum atomic E-state index is 13.1. The van der Waals surface area contributed by atoms with Crippen molar-refractivity contribution >= 4 is 34.9 Å². The lowest BCUT2D eigenvalue weighted by molar-refractivity contribution is -0.384. The van der Waals surface area contributed by atoms with Crippen LogP contribution in [-0.4, -0.2) is 75.1 Å². The minimum atomic E-state index is -0.461. The number of hydrogen-bond acceptors (Lipinski definition) is 6. The topological polar surface area (TPSA) is 112 Å².